The summed E-state index contributed by atoms with van der Waals surface area (Å²) in [5, 5.41) is 0.751. The summed E-state index contributed by atoms with van der Waals surface area (Å²) < 4.78 is 2.32. The summed E-state index contributed by atoms with van der Waals surface area (Å²) in [6.07, 6.45) is 3.70. The number of hydrogen-bond donors (Lipinski definition) is 1. The first kappa shape index (κ1) is 12.9. The third-order valence-electron chi connectivity index (χ3n) is 4.35. The van der Waals surface area contributed by atoms with E-state index in [9.17, 15) is 0 Å². The third-order valence-corrected chi connectivity index (χ3v) is 4.58. The first-order valence-corrected chi connectivity index (χ1v) is 7.48. The molecule has 3 nitrogen and oxygen atoms in total. The third kappa shape index (κ3) is 2.15. The number of aryl methyl sites for hydroxylation is 1. The Morgan fingerprint density at radius 3 is 3.00 bits per heavy atom. The van der Waals surface area contributed by atoms with E-state index >= 15 is 0 Å². The monoisotopic (exact) mass is 277 g/mol. The number of rotatable bonds is 3. The zero-order valence-electron chi connectivity index (χ0n) is 11.3. The van der Waals surface area contributed by atoms with E-state index in [2.05, 4.69) is 17.6 Å². The number of hydrogen-bond acceptors (Lipinski definition) is 2. The van der Waals surface area contributed by atoms with Crippen molar-refractivity contribution in [1.82, 2.24) is 9.55 Å². The topological polar surface area (TPSA) is 43.8 Å². The van der Waals surface area contributed by atoms with Crippen molar-refractivity contribution < 1.29 is 0 Å². The van der Waals surface area contributed by atoms with Crippen LogP contribution in [0.3, 0.4) is 0 Å². The van der Waals surface area contributed by atoms with E-state index in [0.29, 0.717) is 11.8 Å². The van der Waals surface area contributed by atoms with Crippen molar-refractivity contribution in [3.8, 4) is 0 Å². The molecule has 1 saturated carbocycles. The maximum atomic E-state index is 6.07. The predicted octanol–water partition coefficient (Wildman–Crippen LogP) is 3.55. The van der Waals surface area contributed by atoms with E-state index in [0.717, 1.165) is 23.6 Å². The highest BCUT2D eigenvalue weighted by atomic mass is 35.5. The Kier molecular flexibility index (Phi) is 3.50. The minimum atomic E-state index is 0.510. The molecule has 1 heterocycles. The van der Waals surface area contributed by atoms with E-state index < -0.39 is 0 Å². The van der Waals surface area contributed by atoms with Crippen molar-refractivity contribution in [1.29, 1.82) is 0 Å². The van der Waals surface area contributed by atoms with Crippen LogP contribution in [0, 0.1) is 5.92 Å². The molecule has 19 heavy (non-hydrogen) atoms. The van der Waals surface area contributed by atoms with Crippen LogP contribution in [-0.2, 0) is 6.54 Å². The number of fused-ring (bicyclic) bond motifs is 1. The highest BCUT2D eigenvalue weighted by Crippen LogP contribution is 2.39. The fourth-order valence-corrected chi connectivity index (χ4v) is 3.56. The van der Waals surface area contributed by atoms with Crippen LogP contribution in [0.2, 0.25) is 5.02 Å². The van der Waals surface area contributed by atoms with Gasteiger partial charge in [0.1, 0.15) is 5.82 Å². The van der Waals surface area contributed by atoms with Gasteiger partial charge in [-0.25, -0.2) is 4.98 Å². The average Bonchev–Trinajstić information content (AvgIpc) is 3.00. The fraction of sp³-hybridized carbons (Fsp3) is 0.533. The van der Waals surface area contributed by atoms with E-state index in [4.69, 9.17) is 22.3 Å². The molecule has 102 valence electrons. The second kappa shape index (κ2) is 5.14. The zero-order valence-corrected chi connectivity index (χ0v) is 12.0. The average molecular weight is 278 g/mol. The zero-order chi connectivity index (χ0) is 13.4. The Bertz CT molecular complexity index is 590. The molecule has 2 atom stereocenters. The molecule has 1 fully saturated rings. The maximum absolute atomic E-state index is 6.07. The lowest BCUT2D eigenvalue weighted by molar-refractivity contribution is 0.463. The highest BCUT2D eigenvalue weighted by molar-refractivity contribution is 6.31. The maximum Gasteiger partial charge on any atom is 0.113 e. The van der Waals surface area contributed by atoms with Crippen LogP contribution in [0.25, 0.3) is 11.0 Å². The minimum Gasteiger partial charge on any atom is -0.330 e. The van der Waals surface area contributed by atoms with Gasteiger partial charge in [0.25, 0.3) is 0 Å². The van der Waals surface area contributed by atoms with Gasteiger partial charge in [0.05, 0.1) is 11.0 Å². The van der Waals surface area contributed by atoms with Crippen molar-refractivity contribution in [2.75, 3.05) is 6.54 Å². The summed E-state index contributed by atoms with van der Waals surface area (Å²) in [6, 6.07) is 5.97. The lowest BCUT2D eigenvalue weighted by Gasteiger charge is -2.18. The molecule has 0 saturated heterocycles. The SMILES string of the molecule is CCn1c(C2CCCC2CN)nc2cc(Cl)ccc21. The molecule has 2 N–H and O–H groups in total. The van der Waals surface area contributed by atoms with Crippen LogP contribution in [0.4, 0.5) is 0 Å². The summed E-state index contributed by atoms with van der Waals surface area (Å²) in [7, 11) is 0. The molecule has 1 aromatic heterocycles. The van der Waals surface area contributed by atoms with Crippen LogP contribution in [0.5, 0.6) is 0 Å². The predicted molar refractivity (Wildman–Crippen MR) is 79.6 cm³/mol. The fourth-order valence-electron chi connectivity index (χ4n) is 3.40. The van der Waals surface area contributed by atoms with Crippen LogP contribution >= 0.6 is 11.6 Å². The Labute approximate surface area is 118 Å². The molecule has 1 aromatic carbocycles. The number of aromatic nitrogens is 2. The summed E-state index contributed by atoms with van der Waals surface area (Å²) in [6.45, 7) is 3.88. The molecule has 2 aromatic rings. The molecule has 0 spiro atoms. The number of halogens is 1. The van der Waals surface area contributed by atoms with E-state index in [-0.39, 0.29) is 0 Å². The highest BCUT2D eigenvalue weighted by Gasteiger charge is 2.31. The first-order chi connectivity index (χ1) is 9.24. The summed E-state index contributed by atoms with van der Waals surface area (Å²) >= 11 is 6.07. The van der Waals surface area contributed by atoms with E-state index in [1.54, 1.807) is 0 Å². The minimum absolute atomic E-state index is 0.510. The summed E-state index contributed by atoms with van der Waals surface area (Å²) in [5.41, 5.74) is 8.10. The van der Waals surface area contributed by atoms with Gasteiger partial charge in [-0.3, -0.25) is 0 Å². The summed E-state index contributed by atoms with van der Waals surface area (Å²) in [5.74, 6) is 2.29. The number of benzene rings is 1. The van der Waals surface area contributed by atoms with Gasteiger partial charge in [-0.05, 0) is 50.4 Å². The molecule has 4 heteroatoms. The standard InChI is InChI=1S/C15H20ClN3/c1-2-19-14-7-6-11(16)8-13(14)18-15(19)12-5-3-4-10(12)9-17/h6-8,10,12H,2-5,9,17H2,1H3. The Balaban J connectivity index is 2.12. The Morgan fingerprint density at radius 2 is 2.26 bits per heavy atom. The molecule has 1 aliphatic carbocycles. The first-order valence-electron chi connectivity index (χ1n) is 7.10. The van der Waals surface area contributed by atoms with Crippen LogP contribution in [0.1, 0.15) is 37.9 Å². The van der Waals surface area contributed by atoms with Crippen molar-refractivity contribution in [3.05, 3.63) is 29.0 Å². The van der Waals surface area contributed by atoms with Crippen LogP contribution in [0.15, 0.2) is 18.2 Å². The van der Waals surface area contributed by atoms with E-state index in [1.807, 2.05) is 12.1 Å². The molecule has 0 bridgehead atoms. The largest absolute Gasteiger partial charge is 0.330 e. The van der Waals surface area contributed by atoms with Gasteiger partial charge < -0.3 is 10.3 Å². The Morgan fingerprint density at radius 1 is 1.42 bits per heavy atom. The van der Waals surface area contributed by atoms with Gasteiger partial charge in [-0.15, -0.1) is 0 Å². The van der Waals surface area contributed by atoms with E-state index in [1.165, 1.54) is 30.6 Å². The van der Waals surface area contributed by atoms with Crippen LogP contribution in [-0.4, -0.2) is 16.1 Å². The molecule has 0 radical (unpaired) electrons. The second-order valence-corrected chi connectivity index (χ2v) is 5.82. The lowest BCUT2D eigenvalue weighted by atomic mass is 9.95. The molecule has 0 amide bonds. The van der Waals surface area contributed by atoms with Gasteiger partial charge in [0, 0.05) is 17.5 Å². The number of imidazole rings is 1. The number of nitrogens with two attached hydrogens (primary N) is 1. The molecule has 0 aliphatic heterocycles. The molecule has 1 aliphatic rings. The van der Waals surface area contributed by atoms with Crippen molar-refractivity contribution >= 4 is 22.6 Å². The van der Waals surface area contributed by atoms with Gasteiger partial charge in [0.15, 0.2) is 0 Å². The van der Waals surface area contributed by atoms with Gasteiger partial charge in [-0.1, -0.05) is 18.0 Å². The van der Waals surface area contributed by atoms with Crippen molar-refractivity contribution in [2.45, 2.75) is 38.6 Å². The van der Waals surface area contributed by atoms with Crippen molar-refractivity contribution in [3.63, 3.8) is 0 Å². The van der Waals surface area contributed by atoms with Crippen LogP contribution < -0.4 is 5.73 Å². The molecule has 3 rings (SSSR count). The second-order valence-electron chi connectivity index (χ2n) is 5.38. The quantitative estimate of drug-likeness (QED) is 0.932. The van der Waals surface area contributed by atoms with Gasteiger partial charge >= 0.3 is 0 Å². The Hall–Kier alpha value is -1.06. The normalized spacial score (nSPS) is 23.3. The van der Waals surface area contributed by atoms with Gasteiger partial charge in [-0.2, -0.15) is 0 Å². The van der Waals surface area contributed by atoms with Gasteiger partial charge in [0.2, 0.25) is 0 Å². The smallest absolute Gasteiger partial charge is 0.113 e. The lowest BCUT2D eigenvalue weighted by Crippen LogP contribution is -2.20. The number of nitrogens with zero attached hydrogens (tertiary/aromatic N) is 2. The molecule has 2 unspecified atom stereocenters. The van der Waals surface area contributed by atoms with Crippen molar-refractivity contribution in [2.24, 2.45) is 11.7 Å². The molecular formula is C15H20ClN3. The summed E-state index contributed by atoms with van der Waals surface area (Å²) in [4.78, 5) is 4.85. The molecular weight excluding hydrogens is 258 g/mol.